The van der Waals surface area contributed by atoms with Crippen LogP contribution in [0.15, 0.2) is 48.7 Å². The Morgan fingerprint density at radius 2 is 1.95 bits per heavy atom. The molecule has 0 aliphatic heterocycles. The van der Waals surface area contributed by atoms with E-state index in [0.717, 1.165) is 11.3 Å². The number of benzene rings is 1. The quantitative estimate of drug-likeness (QED) is 0.935. The minimum absolute atomic E-state index is 0.101. The zero-order valence-corrected chi connectivity index (χ0v) is 12.7. The smallest absolute Gasteiger partial charge is 0.317 e. The van der Waals surface area contributed by atoms with Crippen LogP contribution in [0.3, 0.4) is 0 Å². The van der Waals surface area contributed by atoms with Gasteiger partial charge >= 0.3 is 6.03 Å². The van der Waals surface area contributed by atoms with Crippen molar-refractivity contribution in [2.75, 3.05) is 7.05 Å². The highest BCUT2D eigenvalue weighted by Crippen LogP contribution is 2.11. The van der Waals surface area contributed by atoms with E-state index < -0.39 is 0 Å². The van der Waals surface area contributed by atoms with Crippen LogP contribution < -0.4 is 5.32 Å². The highest BCUT2D eigenvalue weighted by Gasteiger charge is 2.14. The summed E-state index contributed by atoms with van der Waals surface area (Å²) >= 11 is 0. The van der Waals surface area contributed by atoms with Gasteiger partial charge in [-0.05, 0) is 37.1 Å². The fraction of sp³-hybridized carbons (Fsp3) is 0.294. The number of nitrogens with zero attached hydrogens (tertiary/aromatic N) is 2. The number of pyridine rings is 1. The molecule has 2 rings (SSSR count). The van der Waals surface area contributed by atoms with Crippen molar-refractivity contribution in [1.82, 2.24) is 15.2 Å². The van der Waals surface area contributed by atoms with Gasteiger partial charge in [0.05, 0.1) is 11.7 Å². The van der Waals surface area contributed by atoms with Gasteiger partial charge < -0.3 is 10.2 Å². The van der Waals surface area contributed by atoms with Crippen LogP contribution >= 0.6 is 0 Å². The number of amides is 2. The van der Waals surface area contributed by atoms with Gasteiger partial charge in [-0.2, -0.15) is 0 Å². The van der Waals surface area contributed by atoms with Gasteiger partial charge in [0.1, 0.15) is 0 Å². The molecule has 21 heavy (non-hydrogen) atoms. The van der Waals surface area contributed by atoms with Crippen LogP contribution in [0.25, 0.3) is 0 Å². The maximum Gasteiger partial charge on any atom is 0.317 e. The zero-order chi connectivity index (χ0) is 15.2. The molecule has 1 N–H and O–H groups in total. The third-order valence-corrected chi connectivity index (χ3v) is 3.49. The van der Waals surface area contributed by atoms with E-state index in [-0.39, 0.29) is 12.1 Å². The Hall–Kier alpha value is -2.36. The van der Waals surface area contributed by atoms with Gasteiger partial charge in [-0.1, -0.05) is 30.3 Å². The van der Waals surface area contributed by atoms with Crippen molar-refractivity contribution in [1.29, 1.82) is 0 Å². The molecule has 1 aromatic carbocycles. The lowest BCUT2D eigenvalue weighted by atomic mass is 10.1. The molecule has 0 saturated heterocycles. The van der Waals surface area contributed by atoms with Crippen molar-refractivity contribution in [3.63, 3.8) is 0 Å². The van der Waals surface area contributed by atoms with E-state index >= 15 is 0 Å². The lowest BCUT2D eigenvalue weighted by Crippen LogP contribution is -2.38. The highest BCUT2D eigenvalue weighted by atomic mass is 16.2. The van der Waals surface area contributed by atoms with E-state index in [1.165, 1.54) is 5.56 Å². The Bertz CT molecular complexity index is 598. The number of rotatable bonds is 4. The van der Waals surface area contributed by atoms with Gasteiger partial charge in [-0.3, -0.25) is 4.98 Å². The first kappa shape index (κ1) is 15.0. The summed E-state index contributed by atoms with van der Waals surface area (Å²) in [6.45, 7) is 4.58. The molecule has 0 fully saturated rings. The third-order valence-electron chi connectivity index (χ3n) is 3.49. The monoisotopic (exact) mass is 283 g/mol. The van der Waals surface area contributed by atoms with E-state index in [9.17, 15) is 4.79 Å². The van der Waals surface area contributed by atoms with Crippen LogP contribution in [0.4, 0.5) is 4.79 Å². The number of urea groups is 1. The Morgan fingerprint density at radius 3 is 2.62 bits per heavy atom. The number of hydrogen-bond acceptors (Lipinski definition) is 2. The maximum atomic E-state index is 12.2. The van der Waals surface area contributed by atoms with Crippen LogP contribution in [0.2, 0.25) is 0 Å². The average molecular weight is 283 g/mol. The van der Waals surface area contributed by atoms with E-state index in [1.807, 2.05) is 43.3 Å². The molecule has 1 heterocycles. The van der Waals surface area contributed by atoms with Crippen LogP contribution in [0, 0.1) is 6.92 Å². The topological polar surface area (TPSA) is 45.2 Å². The number of aromatic nitrogens is 1. The zero-order valence-electron chi connectivity index (χ0n) is 12.7. The molecule has 0 aliphatic carbocycles. The van der Waals surface area contributed by atoms with E-state index in [4.69, 9.17) is 0 Å². The molecule has 1 aromatic heterocycles. The first-order valence-corrected chi connectivity index (χ1v) is 7.05. The number of nitrogens with one attached hydrogen (secondary N) is 1. The van der Waals surface area contributed by atoms with Crippen LogP contribution in [-0.4, -0.2) is 23.0 Å². The summed E-state index contributed by atoms with van der Waals surface area (Å²) in [5.41, 5.74) is 3.20. The SMILES string of the molecule is Cc1ccccc1CN(C)C(=O)NC(C)c1ccccn1. The normalized spacial score (nSPS) is 11.8. The molecular weight excluding hydrogens is 262 g/mol. The van der Waals surface area contributed by atoms with E-state index in [1.54, 1.807) is 18.1 Å². The summed E-state index contributed by atoms with van der Waals surface area (Å²) in [4.78, 5) is 18.2. The summed E-state index contributed by atoms with van der Waals surface area (Å²) in [5.74, 6) is 0. The summed E-state index contributed by atoms with van der Waals surface area (Å²) < 4.78 is 0. The maximum absolute atomic E-state index is 12.2. The molecule has 0 saturated carbocycles. The molecule has 0 radical (unpaired) electrons. The number of carbonyl (C=O) groups is 1. The lowest BCUT2D eigenvalue weighted by molar-refractivity contribution is 0.203. The Labute approximate surface area is 125 Å². The number of aryl methyl sites for hydroxylation is 1. The second-order valence-corrected chi connectivity index (χ2v) is 5.21. The summed E-state index contributed by atoms with van der Waals surface area (Å²) in [6.07, 6.45) is 1.73. The first-order chi connectivity index (χ1) is 10.1. The molecule has 1 atom stereocenters. The molecule has 0 aliphatic rings. The van der Waals surface area contributed by atoms with Gasteiger partial charge in [0, 0.05) is 19.8 Å². The molecular formula is C17H21N3O. The highest BCUT2D eigenvalue weighted by molar-refractivity contribution is 5.74. The van der Waals surface area contributed by atoms with Crippen molar-refractivity contribution < 1.29 is 4.79 Å². The predicted octanol–water partition coefficient (Wildman–Crippen LogP) is 3.29. The molecule has 110 valence electrons. The van der Waals surface area contributed by atoms with Crippen molar-refractivity contribution in [3.8, 4) is 0 Å². The second kappa shape index (κ2) is 6.88. The third kappa shape index (κ3) is 4.05. The summed E-state index contributed by atoms with van der Waals surface area (Å²) in [6, 6.07) is 13.6. The van der Waals surface area contributed by atoms with Crippen molar-refractivity contribution in [3.05, 3.63) is 65.5 Å². The molecule has 2 amide bonds. The van der Waals surface area contributed by atoms with E-state index in [2.05, 4.69) is 23.3 Å². The van der Waals surface area contributed by atoms with Crippen molar-refractivity contribution >= 4 is 6.03 Å². The minimum Gasteiger partial charge on any atom is -0.330 e. The fourth-order valence-corrected chi connectivity index (χ4v) is 2.12. The predicted molar refractivity (Wildman–Crippen MR) is 83.8 cm³/mol. The Morgan fingerprint density at radius 1 is 1.24 bits per heavy atom. The minimum atomic E-state index is -0.113. The van der Waals surface area contributed by atoms with E-state index in [0.29, 0.717) is 6.54 Å². The first-order valence-electron chi connectivity index (χ1n) is 7.05. The molecule has 2 aromatic rings. The Kier molecular flexibility index (Phi) is 4.93. The number of carbonyl (C=O) groups excluding carboxylic acids is 1. The van der Waals surface area contributed by atoms with Gasteiger partial charge in [-0.25, -0.2) is 4.79 Å². The second-order valence-electron chi connectivity index (χ2n) is 5.21. The van der Waals surface area contributed by atoms with Crippen LogP contribution in [-0.2, 0) is 6.54 Å². The molecule has 1 unspecified atom stereocenters. The average Bonchev–Trinajstić information content (AvgIpc) is 2.50. The largest absolute Gasteiger partial charge is 0.330 e. The lowest BCUT2D eigenvalue weighted by Gasteiger charge is -2.22. The molecule has 0 spiro atoms. The molecule has 4 nitrogen and oxygen atoms in total. The van der Waals surface area contributed by atoms with Gasteiger partial charge in [0.25, 0.3) is 0 Å². The fourth-order valence-electron chi connectivity index (χ4n) is 2.12. The summed E-state index contributed by atoms with van der Waals surface area (Å²) in [5, 5.41) is 2.96. The number of hydrogen-bond donors (Lipinski definition) is 1. The van der Waals surface area contributed by atoms with Crippen molar-refractivity contribution in [2.45, 2.75) is 26.4 Å². The summed E-state index contributed by atoms with van der Waals surface area (Å²) in [7, 11) is 1.80. The Balaban J connectivity index is 1.95. The van der Waals surface area contributed by atoms with Crippen LogP contribution in [0.1, 0.15) is 29.8 Å². The van der Waals surface area contributed by atoms with Gasteiger partial charge in [0.15, 0.2) is 0 Å². The molecule has 0 bridgehead atoms. The van der Waals surface area contributed by atoms with Gasteiger partial charge in [0.2, 0.25) is 0 Å². The van der Waals surface area contributed by atoms with Crippen molar-refractivity contribution in [2.24, 2.45) is 0 Å². The van der Waals surface area contributed by atoms with Crippen LogP contribution in [0.5, 0.6) is 0 Å². The standard InChI is InChI=1S/C17H21N3O/c1-13-8-4-5-9-15(13)12-20(3)17(21)19-14(2)16-10-6-7-11-18-16/h4-11,14H,12H2,1-3H3,(H,19,21). The van der Waals surface area contributed by atoms with Gasteiger partial charge in [-0.15, -0.1) is 0 Å². The molecule has 4 heteroatoms.